The Morgan fingerprint density at radius 1 is 0.256 bits per heavy atom. The lowest BCUT2D eigenvalue weighted by Crippen LogP contribution is -2.37. The highest BCUT2D eigenvalue weighted by molar-refractivity contribution is 6.03. The lowest BCUT2D eigenvalue weighted by molar-refractivity contribution is -0.660. The zero-order valence-electron chi connectivity index (χ0n) is 74.9. The fourth-order valence-corrected chi connectivity index (χ4v) is 18.5. The predicted octanol–water partition coefficient (Wildman–Crippen LogP) is 20.1. The number of aryl methyl sites for hydroxylation is 5. The van der Waals surface area contributed by atoms with Gasteiger partial charge in [-0.2, -0.15) is 0 Å². The van der Waals surface area contributed by atoms with Crippen molar-refractivity contribution in [2.45, 2.75) is 114 Å². The fraction of sp³-hybridized carbons (Fsp3) is 0.255. The molecule has 0 saturated carbocycles. The molecular weight excluding hydrogens is 1480 g/mol. The molecule has 0 aliphatic carbocycles. The van der Waals surface area contributed by atoms with Gasteiger partial charge >= 0.3 is 0 Å². The van der Waals surface area contributed by atoms with Crippen LogP contribution in [0.2, 0.25) is 0 Å². The number of allylic oxidation sites excluding steroid dienone is 2. The largest absolute Gasteiger partial charge is 0.359 e. The molecule has 5 atom stereocenters. The third-order valence-electron chi connectivity index (χ3n) is 26.1. The Labute approximate surface area is 718 Å². The molecule has 8 aromatic carbocycles. The van der Waals surface area contributed by atoms with E-state index in [1.165, 1.54) is 168 Å². The van der Waals surface area contributed by atoms with Crippen LogP contribution >= 0.6 is 0 Å². The summed E-state index contributed by atoms with van der Waals surface area (Å²) in [7, 11) is 21.2. The Kier molecular flexibility index (Phi) is 23.7. The Morgan fingerprint density at radius 3 is 1.15 bits per heavy atom. The van der Waals surface area contributed by atoms with Crippen LogP contribution in [0.1, 0.15) is 81.8 Å². The second-order valence-corrected chi connectivity index (χ2v) is 33.3. The van der Waals surface area contributed by atoms with Gasteiger partial charge in [0, 0.05) is 172 Å². The first-order valence-corrected chi connectivity index (χ1v) is 42.5. The summed E-state index contributed by atoms with van der Waals surface area (Å²) in [5.41, 5.74) is 36.0. The predicted molar refractivity (Wildman–Crippen MR) is 502 cm³/mol. The maximum atomic E-state index is 2.50. The Morgan fingerprint density at radius 2 is 0.661 bits per heavy atom. The second-order valence-electron chi connectivity index (χ2n) is 33.3. The number of para-hydroxylation sites is 2. The Bertz CT molecular complexity index is 6190. The first-order valence-electron chi connectivity index (χ1n) is 42.5. The molecule has 0 saturated heterocycles. The van der Waals surface area contributed by atoms with Crippen molar-refractivity contribution in [3.05, 3.63) is 343 Å². The minimum Gasteiger partial charge on any atom is -0.359 e. The van der Waals surface area contributed by atoms with E-state index in [0.29, 0.717) is 24.7 Å². The van der Waals surface area contributed by atoms with E-state index in [9.17, 15) is 0 Å². The zero-order chi connectivity index (χ0) is 85.5. The smallest absolute Gasteiger partial charge is 0.212 e. The number of benzene rings is 8. The van der Waals surface area contributed by atoms with Gasteiger partial charge in [0.1, 0.15) is 66.1 Å². The maximum Gasteiger partial charge on any atom is 0.212 e. The van der Waals surface area contributed by atoms with Crippen LogP contribution in [-0.4, -0.2) is 85.7 Å². The molecule has 0 bridgehead atoms. The molecule has 121 heavy (non-hydrogen) atoms. The number of fused-ring (bicyclic) bond motifs is 8. The Balaban J connectivity index is 0.000000118. The van der Waals surface area contributed by atoms with Crippen molar-refractivity contribution in [2.75, 3.05) is 64.6 Å². The molecule has 11 heterocycles. The highest BCUT2D eigenvalue weighted by Gasteiger charge is 2.39. The van der Waals surface area contributed by atoms with E-state index in [1.807, 2.05) is 0 Å². The van der Waals surface area contributed by atoms with E-state index in [1.54, 1.807) is 0 Å². The van der Waals surface area contributed by atoms with E-state index < -0.39 is 0 Å². The highest BCUT2D eigenvalue weighted by atomic mass is 15.4. The molecular formula is C106H120N15+5. The molecule has 0 unspecified atom stereocenters. The van der Waals surface area contributed by atoms with Crippen molar-refractivity contribution >= 4 is 56.3 Å². The molecule has 5 aromatic heterocycles. The van der Waals surface area contributed by atoms with Gasteiger partial charge in [-0.3, -0.25) is 0 Å². The van der Waals surface area contributed by atoms with Crippen molar-refractivity contribution in [2.24, 2.45) is 35.2 Å². The van der Waals surface area contributed by atoms with Gasteiger partial charge in [-0.1, -0.05) is 84.9 Å². The number of hydrogen-bond donors (Lipinski definition) is 0. The highest BCUT2D eigenvalue weighted by Crippen LogP contribution is 2.52. The number of aromatic nitrogens is 5. The van der Waals surface area contributed by atoms with Gasteiger partial charge in [-0.25, -0.2) is 22.8 Å². The first-order chi connectivity index (χ1) is 58.2. The van der Waals surface area contributed by atoms with E-state index in [-0.39, 0.29) is 6.17 Å². The summed E-state index contributed by atoms with van der Waals surface area (Å²) in [6, 6.07) is 84.5. The number of nitrogens with zero attached hydrogens (tertiary/aromatic N) is 15. The minimum atomic E-state index is 0.288. The van der Waals surface area contributed by atoms with Crippen LogP contribution in [0.5, 0.6) is 0 Å². The quantitative estimate of drug-likeness (QED) is 0.131. The maximum absolute atomic E-state index is 2.50. The van der Waals surface area contributed by atoms with Crippen LogP contribution in [0.4, 0.5) is 39.8 Å². The molecule has 15 nitrogen and oxygen atoms in total. The van der Waals surface area contributed by atoms with Crippen LogP contribution in [0.25, 0.3) is 83.9 Å². The second kappa shape index (κ2) is 34.6. The lowest BCUT2D eigenvalue weighted by Gasteiger charge is -2.37. The van der Waals surface area contributed by atoms with Crippen LogP contribution in [0.3, 0.4) is 0 Å². The molecule has 0 fully saturated rings. The van der Waals surface area contributed by atoms with Gasteiger partial charge in [0.2, 0.25) is 28.5 Å². The SMILES string of the molecule is CC1=CN(C)[C@H](C)N1c1cccc(-c2cccc[n+]2C)c1C.CC1=CN(c2cccc(-c3cccc[n+]3C)c2C)[C@@H](C)N1C.Cc1c(-c2cccc[n+]2C)cc2ccccc2c1N1C=CN(C)[C@@H]1C.Cc1c(-c2cccc[n+]2C)ccc2c1N1C(=CN(C)[C@@H]1C)c1ccccc1-2.Cc1c(-c2cccc[n+]2C)cccc1N1c2ccccc2N(C)[C@@H]1C. The molecule has 19 rings (SSSR count). The summed E-state index contributed by atoms with van der Waals surface area (Å²) < 4.78 is 10.9. The monoisotopic (exact) mass is 1600 g/mol. The molecule has 0 N–H and O–H groups in total. The number of hydrogen-bond acceptors (Lipinski definition) is 10. The van der Waals surface area contributed by atoms with Gasteiger partial charge in [0.25, 0.3) is 0 Å². The molecule has 614 valence electrons. The zero-order valence-corrected chi connectivity index (χ0v) is 74.9. The summed E-state index contributed by atoms with van der Waals surface area (Å²) >= 11 is 0. The van der Waals surface area contributed by atoms with Crippen molar-refractivity contribution < 1.29 is 22.8 Å². The molecule has 13 aromatic rings. The number of anilines is 7. The van der Waals surface area contributed by atoms with E-state index in [2.05, 4.69) is 524 Å². The summed E-state index contributed by atoms with van der Waals surface area (Å²) in [5, 5.41) is 2.58. The Hall–Kier alpha value is -13.3. The summed E-state index contributed by atoms with van der Waals surface area (Å²) in [4.78, 5) is 23.5. The number of pyridine rings is 5. The van der Waals surface area contributed by atoms with Gasteiger partial charge in [0.15, 0.2) is 31.0 Å². The summed E-state index contributed by atoms with van der Waals surface area (Å²) in [5.74, 6) is 0. The summed E-state index contributed by atoms with van der Waals surface area (Å²) in [6.45, 7) is 26.7. The molecule has 0 amide bonds. The van der Waals surface area contributed by atoms with Crippen LogP contribution in [-0.2, 0) is 35.2 Å². The van der Waals surface area contributed by atoms with E-state index in [0.717, 1.165) is 0 Å². The first kappa shape index (κ1) is 82.8. The van der Waals surface area contributed by atoms with Crippen molar-refractivity contribution in [1.29, 1.82) is 0 Å². The van der Waals surface area contributed by atoms with Crippen molar-refractivity contribution in [3.63, 3.8) is 0 Å². The number of rotatable bonds is 9. The van der Waals surface area contributed by atoms with Crippen molar-refractivity contribution in [1.82, 2.24) is 19.6 Å². The van der Waals surface area contributed by atoms with Crippen LogP contribution < -0.4 is 52.2 Å². The molecule has 6 aliphatic rings. The molecule has 15 heteroatoms. The average Bonchev–Trinajstić information content (AvgIpc) is 1.60. The van der Waals surface area contributed by atoms with Gasteiger partial charge in [-0.15, -0.1) is 0 Å². The van der Waals surface area contributed by atoms with Gasteiger partial charge in [-0.05, 0) is 213 Å². The molecule has 6 aliphatic heterocycles. The van der Waals surface area contributed by atoms with Gasteiger partial charge in [0.05, 0.1) is 56.3 Å². The average molecular weight is 1600 g/mol. The van der Waals surface area contributed by atoms with E-state index in [4.69, 9.17) is 0 Å². The normalized spacial score (nSPS) is 17.2. The standard InChI is InChI=1S/C24H24N3.2C22H24N3.2C19H24N3/c1-16-18(22-11-7-8-14-25(22)3)12-13-21-19-9-5-6-10-20(19)23-15-26(4)17(2)27(23)24(16)21;1-16-18(20-11-7-8-15-23(20)3)10-9-14-19(16)25-17(2)24(4)21-12-5-6-13-22(21)25;1-16-20(21-11-7-8-12-24(21)4)15-18-9-5-6-10-19(18)22(16)25-14-13-23(3)17(25)2;1-14-13-22(16(3)21(14)5)18-11-8-9-17(15(18)2)19-10-6-7-12-20(19)4;1-14-13-21(5)16(3)22(14)18-11-8-9-17(15(18)2)19-10-6-7-12-20(19)4/h5-15,17H,1-4H3;2*5-15,17H,1-4H3;2*6-13,16H,1-5H3/q5*+1/t3*17-;2*16-/m00000/s1. The third-order valence-corrected chi connectivity index (χ3v) is 26.1. The van der Waals surface area contributed by atoms with Gasteiger partial charge < -0.3 is 49.0 Å². The topological polar surface area (TPSA) is 51.8 Å². The summed E-state index contributed by atoms with van der Waals surface area (Å²) in [6.07, 6.45) is 23.2. The minimum absolute atomic E-state index is 0.288. The van der Waals surface area contributed by atoms with E-state index >= 15 is 0 Å². The van der Waals surface area contributed by atoms with Crippen LogP contribution in [0.15, 0.2) is 310 Å². The lowest BCUT2D eigenvalue weighted by atomic mass is 9.87. The molecule has 0 spiro atoms. The fourth-order valence-electron chi connectivity index (χ4n) is 18.5. The van der Waals surface area contributed by atoms with Crippen molar-refractivity contribution in [3.8, 4) is 67.4 Å². The van der Waals surface area contributed by atoms with Crippen LogP contribution in [0, 0.1) is 34.6 Å². The third kappa shape index (κ3) is 15.5. The molecule has 0 radical (unpaired) electrons.